The Bertz CT molecular complexity index is 1790. The van der Waals surface area contributed by atoms with E-state index in [1.54, 1.807) is 16.7 Å². The summed E-state index contributed by atoms with van der Waals surface area (Å²) in [5.74, 6) is -2.44. The van der Waals surface area contributed by atoms with E-state index in [0.717, 1.165) is 47.7 Å². The molecule has 3 amide bonds. The molecule has 0 saturated carbocycles. The number of fused-ring (bicyclic) bond motifs is 2. The van der Waals surface area contributed by atoms with Crippen LogP contribution >= 0.6 is 0 Å². The number of aromatic nitrogens is 1. The second-order valence-corrected chi connectivity index (χ2v) is 15.4. The number of ether oxygens (including phenoxy) is 2. The Morgan fingerprint density at radius 2 is 1.64 bits per heavy atom. The lowest BCUT2D eigenvalue weighted by atomic mass is 9.87. The molecule has 3 aromatic rings. The van der Waals surface area contributed by atoms with Crippen molar-refractivity contribution in [1.29, 1.82) is 0 Å². The molecule has 0 bridgehead atoms. The highest BCUT2D eigenvalue weighted by molar-refractivity contribution is 5.98. The molecular weight excluding hydrogens is 713 g/mol. The second kappa shape index (κ2) is 20.5. The zero-order valence-electron chi connectivity index (χ0n) is 33.7. The number of methoxy groups -OCH3 is 1. The van der Waals surface area contributed by atoms with Gasteiger partial charge in [-0.2, -0.15) is 4.73 Å². The number of nitrogens with one attached hydrogen (secondary N) is 2. The fourth-order valence-electron chi connectivity index (χ4n) is 8.11. The van der Waals surface area contributed by atoms with Crippen LogP contribution in [0.2, 0.25) is 0 Å². The van der Waals surface area contributed by atoms with Crippen molar-refractivity contribution in [2.24, 2.45) is 11.8 Å². The molecule has 7 atom stereocenters. The van der Waals surface area contributed by atoms with Crippen LogP contribution < -0.4 is 15.5 Å². The molecule has 0 radical (unpaired) electrons. The number of hydrogen-bond donors (Lipinski definition) is 2. The first-order valence-corrected chi connectivity index (χ1v) is 20.5. The van der Waals surface area contributed by atoms with Crippen LogP contribution in [0.15, 0.2) is 60.8 Å². The minimum atomic E-state index is -1.00. The van der Waals surface area contributed by atoms with E-state index in [4.69, 9.17) is 14.3 Å². The van der Waals surface area contributed by atoms with E-state index in [-0.39, 0.29) is 42.5 Å². The Labute approximate surface area is 330 Å². The Morgan fingerprint density at radius 3 is 2.36 bits per heavy atom. The number of carbonyl (C=O) groups excluding carboxylic acids is 5. The summed E-state index contributed by atoms with van der Waals surface area (Å²) in [5, 5.41) is 6.94. The molecule has 1 aromatic heterocycles. The maximum Gasteiger partial charge on any atom is 0.340 e. The van der Waals surface area contributed by atoms with Crippen molar-refractivity contribution in [3.8, 4) is 0 Å². The number of piperidine rings is 1. The van der Waals surface area contributed by atoms with Crippen LogP contribution in [-0.2, 0) is 39.9 Å². The molecule has 2 saturated heterocycles. The van der Waals surface area contributed by atoms with Crippen LogP contribution in [0.3, 0.4) is 0 Å². The zero-order chi connectivity index (χ0) is 40.2. The molecule has 12 nitrogen and oxygen atoms in total. The van der Waals surface area contributed by atoms with Gasteiger partial charge in [0.1, 0.15) is 25.3 Å². The van der Waals surface area contributed by atoms with Crippen molar-refractivity contribution < 1.29 is 38.3 Å². The highest BCUT2D eigenvalue weighted by Crippen LogP contribution is 2.28. The number of amides is 3. The number of hydrogen-bond acceptors (Lipinski definition) is 8. The number of benzene rings is 2. The summed E-state index contributed by atoms with van der Waals surface area (Å²) in [6.07, 6.45) is 7.55. The molecule has 0 aliphatic carbocycles. The van der Waals surface area contributed by atoms with Crippen LogP contribution in [-0.4, -0.2) is 84.1 Å². The number of carbonyl (C=O) groups is 5. The van der Waals surface area contributed by atoms with Gasteiger partial charge in [0.25, 0.3) is 0 Å². The van der Waals surface area contributed by atoms with E-state index in [9.17, 15) is 24.0 Å². The van der Waals surface area contributed by atoms with Gasteiger partial charge in [-0.1, -0.05) is 88.6 Å². The molecule has 5 rings (SSSR count). The lowest BCUT2D eigenvalue weighted by molar-refractivity contribution is -0.162. The van der Waals surface area contributed by atoms with E-state index in [2.05, 4.69) is 10.6 Å². The number of Topliss-reactive ketones (excluding diaryl/α,β-unsaturated/α-hetero) is 1. The second-order valence-electron chi connectivity index (χ2n) is 15.4. The molecule has 3 heterocycles. The average molecular weight is 773 g/mol. The number of para-hydroxylation sites is 1. The van der Waals surface area contributed by atoms with Gasteiger partial charge in [-0.3, -0.25) is 19.2 Å². The minimum Gasteiger partial charge on any atom is -0.460 e. The summed E-state index contributed by atoms with van der Waals surface area (Å²) in [6, 6.07) is 14.5. The third-order valence-corrected chi connectivity index (χ3v) is 11.6. The first-order valence-electron chi connectivity index (χ1n) is 20.5. The topological polar surface area (TPSA) is 145 Å². The lowest BCUT2D eigenvalue weighted by Gasteiger charge is -2.39. The smallest absolute Gasteiger partial charge is 0.340 e. The SMILES string of the molecule is CCC(C)[C@@H]1NC(=O)[C@H](Cc2cn(OC)c3ccccc23)NC(=O)[C@H](CCCCC[C@@H](CC)OC(=O)[C@@H](OC)c2ccccc2)CC(=O)[C@H]2CCCCN2C1=O. The van der Waals surface area contributed by atoms with E-state index in [1.165, 1.54) is 7.11 Å². The number of unbranched alkanes of at least 4 members (excludes halogenated alkanes) is 2. The summed E-state index contributed by atoms with van der Waals surface area (Å²) in [4.78, 5) is 77.1. The number of rotatable bonds is 16. The molecule has 2 aliphatic rings. The summed E-state index contributed by atoms with van der Waals surface area (Å²) in [7, 11) is 3.06. The third kappa shape index (κ3) is 10.4. The van der Waals surface area contributed by atoms with Gasteiger partial charge in [-0.25, -0.2) is 4.79 Å². The summed E-state index contributed by atoms with van der Waals surface area (Å²) >= 11 is 0. The highest BCUT2D eigenvalue weighted by atomic mass is 16.6. The Balaban J connectivity index is 1.32. The van der Waals surface area contributed by atoms with Crippen molar-refractivity contribution in [3.05, 3.63) is 71.9 Å². The Kier molecular flexibility index (Phi) is 15.5. The summed E-state index contributed by atoms with van der Waals surface area (Å²) < 4.78 is 12.9. The van der Waals surface area contributed by atoms with Gasteiger partial charge in [-0.15, -0.1) is 0 Å². The molecule has 0 spiro atoms. The highest BCUT2D eigenvalue weighted by Gasteiger charge is 2.41. The van der Waals surface area contributed by atoms with E-state index < -0.39 is 42.0 Å². The summed E-state index contributed by atoms with van der Waals surface area (Å²) in [6.45, 7) is 6.32. The predicted molar refractivity (Wildman–Crippen MR) is 213 cm³/mol. The molecule has 12 heteroatoms. The maximum atomic E-state index is 14.3. The monoisotopic (exact) mass is 772 g/mol. The zero-order valence-corrected chi connectivity index (χ0v) is 33.7. The fraction of sp³-hybridized carbons (Fsp3) is 0.568. The van der Waals surface area contributed by atoms with Crippen LogP contribution in [0.25, 0.3) is 10.9 Å². The van der Waals surface area contributed by atoms with Gasteiger partial charge in [0.2, 0.25) is 17.7 Å². The van der Waals surface area contributed by atoms with Crippen molar-refractivity contribution in [2.45, 2.75) is 128 Å². The van der Waals surface area contributed by atoms with Crippen LogP contribution in [0, 0.1) is 11.8 Å². The van der Waals surface area contributed by atoms with Crippen LogP contribution in [0.5, 0.6) is 0 Å². The quantitative estimate of drug-likeness (QED) is 0.136. The van der Waals surface area contributed by atoms with Crippen molar-refractivity contribution in [1.82, 2.24) is 20.3 Å². The van der Waals surface area contributed by atoms with Gasteiger partial charge in [0.15, 0.2) is 11.9 Å². The van der Waals surface area contributed by atoms with Gasteiger partial charge in [0, 0.05) is 44.0 Å². The van der Waals surface area contributed by atoms with Gasteiger partial charge >= 0.3 is 5.97 Å². The molecule has 2 aliphatic heterocycles. The fourth-order valence-corrected chi connectivity index (χ4v) is 8.11. The van der Waals surface area contributed by atoms with Crippen LogP contribution in [0.1, 0.15) is 109 Å². The standard InChI is InChI=1S/C44H60N4O8/c1-6-29(3)39-43(52)47-25-17-16-24-37(47)38(49)27-31(20-12-9-13-21-33(7-2)56-44(53)40(54-4)30-18-10-8-11-19-30)41(50)45-35(42(51)46-39)26-32-28-48(55-5)36-23-15-14-22-34(32)36/h8,10-11,14-15,18-19,22-23,28-29,31,33,35,37,39-40H,6-7,9,12-13,16-17,20-21,24-27H2,1-5H3,(H,45,50)(H,46,51)/t29?,31-,33-,35+,37-,39+,40+/m1/s1. The molecular formula is C44H60N4O8. The summed E-state index contributed by atoms with van der Waals surface area (Å²) in [5.41, 5.74) is 2.36. The van der Waals surface area contributed by atoms with Gasteiger partial charge in [0.05, 0.1) is 11.6 Å². The first-order chi connectivity index (χ1) is 27.1. The largest absolute Gasteiger partial charge is 0.460 e. The normalized spacial score (nSPS) is 22.6. The third-order valence-electron chi connectivity index (χ3n) is 11.6. The van der Waals surface area contributed by atoms with E-state index >= 15 is 0 Å². The lowest BCUT2D eigenvalue weighted by Crippen LogP contribution is -2.61. The molecule has 304 valence electrons. The molecule has 2 N–H and O–H groups in total. The maximum absolute atomic E-state index is 14.3. The van der Waals surface area contributed by atoms with Gasteiger partial charge in [-0.05, 0) is 68.1 Å². The first kappa shape index (κ1) is 42.4. The predicted octanol–water partition coefficient (Wildman–Crippen LogP) is 5.89. The Hall–Kier alpha value is -4.71. The molecule has 56 heavy (non-hydrogen) atoms. The number of nitrogens with zero attached hydrogens (tertiary/aromatic N) is 2. The van der Waals surface area contributed by atoms with E-state index in [0.29, 0.717) is 45.1 Å². The average Bonchev–Trinajstić information content (AvgIpc) is 3.58. The van der Waals surface area contributed by atoms with Crippen molar-refractivity contribution >= 4 is 40.4 Å². The Morgan fingerprint density at radius 1 is 0.893 bits per heavy atom. The number of ketones is 1. The van der Waals surface area contributed by atoms with Gasteiger partial charge < -0.3 is 29.8 Å². The minimum absolute atomic E-state index is 0.0152. The molecule has 1 unspecified atom stereocenters. The molecule has 2 fully saturated rings. The molecule has 2 aromatic carbocycles. The van der Waals surface area contributed by atoms with Crippen molar-refractivity contribution in [3.63, 3.8) is 0 Å². The van der Waals surface area contributed by atoms with E-state index in [1.807, 2.05) is 81.6 Å². The van der Waals surface area contributed by atoms with Crippen LogP contribution in [0.4, 0.5) is 0 Å². The number of esters is 1. The van der Waals surface area contributed by atoms with Crippen molar-refractivity contribution in [2.75, 3.05) is 20.8 Å².